The molecule has 0 bridgehead atoms. The second kappa shape index (κ2) is 11.2. The normalized spacial score (nSPS) is 14.4. The maximum absolute atomic E-state index is 12.6. The predicted octanol–water partition coefficient (Wildman–Crippen LogP) is 4.11. The highest BCUT2D eigenvalue weighted by molar-refractivity contribution is 6.21. The van der Waals surface area contributed by atoms with Crippen LogP contribution in [-0.4, -0.2) is 46.6 Å². The molecule has 0 saturated carbocycles. The number of urea groups is 1. The van der Waals surface area contributed by atoms with E-state index in [-0.39, 0.29) is 18.8 Å². The molecule has 198 valence electrons. The van der Waals surface area contributed by atoms with Gasteiger partial charge in [-0.1, -0.05) is 0 Å². The van der Waals surface area contributed by atoms with Crippen molar-refractivity contribution < 1.29 is 33.0 Å². The van der Waals surface area contributed by atoms with Crippen LogP contribution in [0.4, 0.5) is 4.79 Å². The Morgan fingerprint density at radius 1 is 0.872 bits per heavy atom. The molecular formula is C28H24N4O7. The van der Waals surface area contributed by atoms with E-state index >= 15 is 0 Å². The van der Waals surface area contributed by atoms with Crippen LogP contribution in [0.25, 0.3) is 22.7 Å². The SMILES string of the molecule is CCOCCC1(Oc2ccc(Oc3ccc(-c4nc(-c5cccnc5)co4)cc3)cc2)C(=O)NC(=O)NC1=O. The molecule has 1 aliphatic heterocycles. The number of hydrogen-bond acceptors (Lipinski definition) is 9. The van der Waals surface area contributed by atoms with Gasteiger partial charge in [0, 0.05) is 36.5 Å². The van der Waals surface area contributed by atoms with Gasteiger partial charge >= 0.3 is 6.03 Å². The molecule has 1 aliphatic rings. The molecule has 0 aliphatic carbocycles. The number of rotatable bonds is 10. The first-order valence-electron chi connectivity index (χ1n) is 12.1. The average molecular weight is 529 g/mol. The molecule has 2 N–H and O–H groups in total. The van der Waals surface area contributed by atoms with E-state index in [0.29, 0.717) is 29.7 Å². The second-order valence-electron chi connectivity index (χ2n) is 8.49. The van der Waals surface area contributed by atoms with Crippen LogP contribution in [0.5, 0.6) is 17.2 Å². The van der Waals surface area contributed by atoms with Gasteiger partial charge in [-0.3, -0.25) is 25.2 Å². The lowest BCUT2D eigenvalue weighted by molar-refractivity contribution is -0.153. The van der Waals surface area contributed by atoms with Crippen LogP contribution in [0.1, 0.15) is 13.3 Å². The molecule has 1 saturated heterocycles. The fraction of sp³-hybridized carbons (Fsp3) is 0.179. The molecule has 0 unspecified atom stereocenters. The summed E-state index contributed by atoms with van der Waals surface area (Å²) in [7, 11) is 0. The number of imide groups is 2. The Balaban J connectivity index is 1.25. The van der Waals surface area contributed by atoms with Gasteiger partial charge in [0.25, 0.3) is 17.4 Å². The standard InChI is InChI=1S/C28H24N4O7/c1-2-36-15-13-28(25(33)31-27(35)32-26(28)34)39-22-11-9-21(10-12-22)38-20-7-5-18(6-8-20)24-30-23(17-37-24)19-4-3-14-29-16-19/h3-12,14,16-17H,2,13,15H2,1H3,(H2,31,32,33,34,35). The Morgan fingerprint density at radius 3 is 2.18 bits per heavy atom. The number of aromatic nitrogens is 2. The zero-order valence-corrected chi connectivity index (χ0v) is 20.9. The summed E-state index contributed by atoms with van der Waals surface area (Å²) in [6.07, 6.45) is 4.92. The van der Waals surface area contributed by atoms with Gasteiger partial charge in [-0.05, 0) is 67.6 Å². The summed E-state index contributed by atoms with van der Waals surface area (Å²) in [6.45, 7) is 2.27. The Bertz CT molecular complexity index is 1450. The van der Waals surface area contributed by atoms with Crippen LogP contribution in [0.2, 0.25) is 0 Å². The molecule has 11 heteroatoms. The Kier molecular flexibility index (Phi) is 7.32. The minimum Gasteiger partial charge on any atom is -0.467 e. The molecule has 11 nitrogen and oxygen atoms in total. The third-order valence-corrected chi connectivity index (χ3v) is 5.90. The van der Waals surface area contributed by atoms with Gasteiger partial charge in [0.1, 0.15) is 29.2 Å². The summed E-state index contributed by atoms with van der Waals surface area (Å²) in [5, 5.41) is 4.18. The maximum atomic E-state index is 12.6. The van der Waals surface area contributed by atoms with E-state index in [1.54, 1.807) is 62.0 Å². The molecule has 2 aromatic heterocycles. The van der Waals surface area contributed by atoms with E-state index in [2.05, 4.69) is 20.6 Å². The van der Waals surface area contributed by atoms with E-state index in [1.165, 1.54) is 0 Å². The zero-order chi connectivity index (χ0) is 27.2. The fourth-order valence-corrected chi connectivity index (χ4v) is 3.91. The summed E-state index contributed by atoms with van der Waals surface area (Å²) in [6, 6.07) is 16.5. The molecule has 4 amide bonds. The van der Waals surface area contributed by atoms with Gasteiger partial charge in [0.15, 0.2) is 0 Å². The number of ether oxygens (including phenoxy) is 3. The number of barbiturate groups is 1. The van der Waals surface area contributed by atoms with Gasteiger partial charge < -0.3 is 18.6 Å². The van der Waals surface area contributed by atoms with Gasteiger partial charge in [-0.15, -0.1) is 0 Å². The number of oxazole rings is 1. The summed E-state index contributed by atoms with van der Waals surface area (Å²) in [5.41, 5.74) is 0.382. The van der Waals surface area contributed by atoms with E-state index in [1.807, 2.05) is 24.3 Å². The Labute approximate surface area is 223 Å². The van der Waals surface area contributed by atoms with Crippen molar-refractivity contribution in [2.75, 3.05) is 13.2 Å². The molecule has 5 rings (SSSR count). The van der Waals surface area contributed by atoms with Gasteiger partial charge in [0.2, 0.25) is 5.89 Å². The summed E-state index contributed by atoms with van der Waals surface area (Å²) < 4.78 is 22.7. The lowest BCUT2D eigenvalue weighted by Crippen LogP contribution is -2.69. The second-order valence-corrected chi connectivity index (χ2v) is 8.49. The first-order chi connectivity index (χ1) is 19.0. The molecule has 0 spiro atoms. The van der Waals surface area contributed by atoms with Crippen LogP contribution in [0.3, 0.4) is 0 Å². The van der Waals surface area contributed by atoms with Crippen molar-refractivity contribution in [2.45, 2.75) is 18.9 Å². The van der Waals surface area contributed by atoms with E-state index in [0.717, 1.165) is 11.1 Å². The number of pyridine rings is 1. The van der Waals surface area contributed by atoms with Crippen LogP contribution in [0, 0.1) is 0 Å². The smallest absolute Gasteiger partial charge is 0.328 e. The molecule has 0 radical (unpaired) electrons. The summed E-state index contributed by atoms with van der Waals surface area (Å²) in [4.78, 5) is 45.4. The van der Waals surface area contributed by atoms with E-state index in [9.17, 15) is 14.4 Å². The Hall–Kier alpha value is -5.03. The van der Waals surface area contributed by atoms with Crippen molar-refractivity contribution in [3.05, 3.63) is 79.3 Å². The molecule has 3 heterocycles. The molecule has 39 heavy (non-hydrogen) atoms. The van der Waals surface area contributed by atoms with Crippen LogP contribution in [-0.2, 0) is 14.3 Å². The molecule has 1 fully saturated rings. The number of carbonyl (C=O) groups is 3. The van der Waals surface area contributed by atoms with Gasteiger partial charge in [-0.2, -0.15) is 0 Å². The number of nitrogens with one attached hydrogen (secondary N) is 2. The number of carbonyl (C=O) groups excluding carboxylic acids is 3. The van der Waals surface area contributed by atoms with Crippen molar-refractivity contribution in [3.8, 4) is 40.0 Å². The van der Waals surface area contributed by atoms with Gasteiger partial charge in [0.05, 0.1) is 6.61 Å². The van der Waals surface area contributed by atoms with Crippen molar-refractivity contribution in [1.82, 2.24) is 20.6 Å². The van der Waals surface area contributed by atoms with E-state index in [4.69, 9.17) is 18.6 Å². The average Bonchev–Trinajstić information content (AvgIpc) is 3.44. The molecule has 4 aromatic rings. The lowest BCUT2D eigenvalue weighted by atomic mass is 9.95. The first kappa shape index (κ1) is 25.6. The van der Waals surface area contributed by atoms with Crippen LogP contribution >= 0.6 is 0 Å². The molecular weight excluding hydrogens is 504 g/mol. The first-order valence-corrected chi connectivity index (χ1v) is 12.1. The Morgan fingerprint density at radius 2 is 1.54 bits per heavy atom. The van der Waals surface area contributed by atoms with Crippen molar-refractivity contribution in [3.63, 3.8) is 0 Å². The highest BCUT2D eigenvalue weighted by Gasteiger charge is 2.52. The summed E-state index contributed by atoms with van der Waals surface area (Å²) >= 11 is 0. The largest absolute Gasteiger partial charge is 0.467 e. The predicted molar refractivity (Wildman–Crippen MR) is 138 cm³/mol. The fourth-order valence-electron chi connectivity index (χ4n) is 3.91. The molecule has 0 atom stereocenters. The summed E-state index contributed by atoms with van der Waals surface area (Å²) in [5.74, 6) is 0.0788. The van der Waals surface area contributed by atoms with Gasteiger partial charge in [-0.25, -0.2) is 9.78 Å². The van der Waals surface area contributed by atoms with Crippen molar-refractivity contribution in [1.29, 1.82) is 0 Å². The minimum atomic E-state index is -1.95. The lowest BCUT2D eigenvalue weighted by Gasteiger charge is -2.34. The topological polar surface area (TPSA) is 142 Å². The monoisotopic (exact) mass is 528 g/mol. The number of amides is 4. The number of hydrogen-bond donors (Lipinski definition) is 2. The molecule has 2 aromatic carbocycles. The third kappa shape index (κ3) is 5.63. The number of nitrogens with zero attached hydrogens (tertiary/aromatic N) is 2. The quantitative estimate of drug-likeness (QED) is 0.230. The minimum absolute atomic E-state index is 0.0787. The van der Waals surface area contributed by atoms with Crippen LogP contribution in [0.15, 0.2) is 83.7 Å². The van der Waals surface area contributed by atoms with Crippen molar-refractivity contribution in [2.24, 2.45) is 0 Å². The number of benzene rings is 2. The maximum Gasteiger partial charge on any atom is 0.328 e. The highest BCUT2D eigenvalue weighted by Crippen LogP contribution is 2.30. The third-order valence-electron chi connectivity index (χ3n) is 5.90. The van der Waals surface area contributed by atoms with E-state index < -0.39 is 23.4 Å². The van der Waals surface area contributed by atoms with Crippen LogP contribution < -0.4 is 20.1 Å². The highest BCUT2D eigenvalue weighted by atomic mass is 16.5. The zero-order valence-electron chi connectivity index (χ0n) is 20.9. The van der Waals surface area contributed by atoms with Crippen molar-refractivity contribution >= 4 is 17.8 Å².